The molecule has 0 aliphatic rings. The van der Waals surface area contributed by atoms with Crippen molar-refractivity contribution in [2.24, 2.45) is 0 Å². The molecule has 12 heteroatoms. The van der Waals surface area contributed by atoms with Gasteiger partial charge in [-0.1, -0.05) is 13.0 Å². The third kappa shape index (κ3) is 4.75. The van der Waals surface area contributed by atoms with Crippen molar-refractivity contribution < 1.29 is 36.2 Å². The molecule has 0 saturated carbocycles. The monoisotopic (exact) mass is 472 g/mol. The number of alkyl halides is 6. The van der Waals surface area contributed by atoms with E-state index in [0.29, 0.717) is 23.5 Å². The quantitative estimate of drug-likeness (QED) is 0.395. The van der Waals surface area contributed by atoms with Crippen molar-refractivity contribution in [2.75, 3.05) is 0 Å². The molecule has 0 spiro atoms. The van der Waals surface area contributed by atoms with E-state index in [2.05, 4.69) is 20.2 Å². The van der Waals surface area contributed by atoms with Gasteiger partial charge in [-0.3, -0.25) is 14.9 Å². The summed E-state index contributed by atoms with van der Waals surface area (Å²) in [4.78, 5) is 20.8. The molecule has 2 aromatic heterocycles. The van der Waals surface area contributed by atoms with Crippen LogP contribution in [0, 0.1) is 6.92 Å². The summed E-state index contributed by atoms with van der Waals surface area (Å²) in [5.74, 6) is -0.975. The highest BCUT2D eigenvalue weighted by Gasteiger charge is 2.71. The van der Waals surface area contributed by atoms with E-state index in [1.54, 1.807) is 19.9 Å². The summed E-state index contributed by atoms with van der Waals surface area (Å²) in [6.07, 6.45) is -9.91. The second-order valence-electron chi connectivity index (χ2n) is 7.62. The zero-order chi connectivity index (χ0) is 24.6. The van der Waals surface area contributed by atoms with Gasteiger partial charge >= 0.3 is 12.4 Å². The molecule has 0 radical (unpaired) electrons. The van der Waals surface area contributed by atoms with Crippen LogP contribution < -0.4 is 0 Å². The lowest BCUT2D eigenvalue weighted by molar-refractivity contribution is -0.376. The van der Waals surface area contributed by atoms with Gasteiger partial charge in [0.05, 0.1) is 5.69 Å². The summed E-state index contributed by atoms with van der Waals surface area (Å²) < 4.78 is 81.1. The molecule has 0 aliphatic carbocycles. The molecule has 2 N–H and O–H groups in total. The van der Waals surface area contributed by atoms with Crippen LogP contribution >= 0.6 is 0 Å². The number of aliphatic hydroxyl groups is 1. The minimum Gasteiger partial charge on any atom is -0.369 e. The Morgan fingerprint density at radius 2 is 1.73 bits per heavy atom. The molecule has 3 aromatic rings. The van der Waals surface area contributed by atoms with Crippen molar-refractivity contribution in [3.05, 3.63) is 65.4 Å². The number of H-pyrrole nitrogens is 1. The van der Waals surface area contributed by atoms with Gasteiger partial charge in [-0.05, 0) is 36.8 Å². The van der Waals surface area contributed by atoms with Crippen LogP contribution in [0.3, 0.4) is 0 Å². The highest BCUT2D eigenvalue weighted by atomic mass is 19.4. The van der Waals surface area contributed by atoms with Crippen molar-refractivity contribution in [1.82, 2.24) is 20.2 Å². The molecule has 0 unspecified atom stereocenters. The number of carbonyl (C=O) groups is 1. The topological polar surface area (TPSA) is 91.8 Å². The van der Waals surface area contributed by atoms with Gasteiger partial charge in [-0.25, -0.2) is 4.98 Å². The Labute approximate surface area is 183 Å². The molecule has 1 aromatic carbocycles. The van der Waals surface area contributed by atoms with Crippen LogP contribution in [0.2, 0.25) is 0 Å². The minimum atomic E-state index is -6.10. The first-order valence-corrected chi connectivity index (χ1v) is 9.57. The number of rotatable bonds is 6. The lowest BCUT2D eigenvalue weighted by atomic mass is 9.87. The number of aromatic amines is 1. The van der Waals surface area contributed by atoms with Gasteiger partial charge in [0.15, 0.2) is 5.78 Å². The van der Waals surface area contributed by atoms with Gasteiger partial charge < -0.3 is 5.11 Å². The van der Waals surface area contributed by atoms with Crippen LogP contribution in [0.4, 0.5) is 26.3 Å². The highest BCUT2D eigenvalue weighted by molar-refractivity contribution is 5.98. The van der Waals surface area contributed by atoms with Gasteiger partial charge in [0.2, 0.25) is 0 Å². The average Bonchev–Trinajstić information content (AvgIpc) is 3.26. The number of Topliss-reactive ketones (excluding diaryl/α,β-unsaturated/α-hetero) is 1. The molecule has 6 nitrogen and oxygen atoms in total. The summed E-state index contributed by atoms with van der Waals surface area (Å²) in [5, 5.41) is 16.1. The number of aryl methyl sites for hydroxylation is 1. The van der Waals surface area contributed by atoms with Crippen LogP contribution in [0.1, 0.15) is 46.6 Å². The normalized spacial score (nSPS) is 13.7. The number of aromatic nitrogens is 4. The number of pyridine rings is 1. The fourth-order valence-corrected chi connectivity index (χ4v) is 3.22. The van der Waals surface area contributed by atoms with Crippen LogP contribution in [0.5, 0.6) is 0 Å². The van der Waals surface area contributed by atoms with Crippen molar-refractivity contribution in [3.63, 3.8) is 0 Å². The lowest BCUT2D eigenvalue weighted by Crippen LogP contribution is -2.54. The summed E-state index contributed by atoms with van der Waals surface area (Å²) >= 11 is 0. The Morgan fingerprint density at radius 1 is 1.06 bits per heavy atom. The van der Waals surface area contributed by atoms with Crippen LogP contribution in [-0.4, -0.2) is 43.4 Å². The molecule has 0 bridgehead atoms. The van der Waals surface area contributed by atoms with E-state index in [9.17, 15) is 36.2 Å². The molecule has 176 valence electrons. The van der Waals surface area contributed by atoms with E-state index in [-0.39, 0.29) is 17.7 Å². The lowest BCUT2D eigenvalue weighted by Gasteiger charge is -2.33. The van der Waals surface area contributed by atoms with Crippen LogP contribution in [-0.2, 0) is 5.60 Å². The van der Waals surface area contributed by atoms with Gasteiger partial charge in [0, 0.05) is 35.2 Å². The Hall–Kier alpha value is -3.28. The first kappa shape index (κ1) is 24.4. The van der Waals surface area contributed by atoms with E-state index in [1.165, 1.54) is 18.6 Å². The van der Waals surface area contributed by atoms with Crippen molar-refractivity contribution in [1.29, 1.82) is 0 Å². The molecule has 33 heavy (non-hydrogen) atoms. The first-order valence-electron chi connectivity index (χ1n) is 9.57. The second kappa shape index (κ2) is 8.58. The van der Waals surface area contributed by atoms with Gasteiger partial charge in [-0.15, -0.1) is 0 Å². The van der Waals surface area contributed by atoms with Gasteiger partial charge in [0.1, 0.15) is 12.2 Å². The number of benzene rings is 1. The maximum Gasteiger partial charge on any atom is 0.430 e. The van der Waals surface area contributed by atoms with Crippen molar-refractivity contribution >= 4 is 5.78 Å². The van der Waals surface area contributed by atoms with E-state index < -0.39 is 40.8 Å². The van der Waals surface area contributed by atoms with E-state index >= 15 is 0 Å². The van der Waals surface area contributed by atoms with E-state index in [4.69, 9.17) is 0 Å². The number of halogens is 6. The average molecular weight is 472 g/mol. The summed E-state index contributed by atoms with van der Waals surface area (Å²) in [5.41, 5.74) is -6.61. The molecule has 0 aliphatic heterocycles. The largest absolute Gasteiger partial charge is 0.430 e. The molecule has 1 atom stereocenters. The number of carbonyl (C=O) groups excluding carboxylic acids is 1. The number of hydrogen-bond acceptors (Lipinski definition) is 5. The first-order chi connectivity index (χ1) is 15.2. The molecular formula is C21H18F6N4O2. The van der Waals surface area contributed by atoms with Crippen molar-refractivity contribution in [3.8, 4) is 11.3 Å². The van der Waals surface area contributed by atoms with Crippen LogP contribution in [0.15, 0.2) is 42.9 Å². The second-order valence-corrected chi connectivity index (χ2v) is 7.62. The molecule has 0 saturated heterocycles. The number of hydrogen-bond donors (Lipinski definition) is 2. The number of nitrogens with one attached hydrogen (secondary N) is 1. The third-order valence-corrected chi connectivity index (χ3v) is 5.09. The van der Waals surface area contributed by atoms with Crippen LogP contribution in [0.25, 0.3) is 11.3 Å². The van der Waals surface area contributed by atoms with E-state index in [1.807, 2.05) is 0 Å². The summed E-state index contributed by atoms with van der Waals surface area (Å²) in [7, 11) is 0. The Kier molecular flexibility index (Phi) is 6.33. The number of ketones is 1. The summed E-state index contributed by atoms with van der Waals surface area (Å²) in [6.45, 7) is 3.28. The maximum absolute atomic E-state index is 13.5. The highest BCUT2D eigenvalue weighted by Crippen LogP contribution is 2.50. The SMILES string of the molecule is Cc1ccc(-c2cc(C(=O)C[C@@H](C)c3ncn[nH]3)cc(C(O)(C(F)(F)F)C(F)(F)F)c2)nc1. The Morgan fingerprint density at radius 3 is 2.24 bits per heavy atom. The smallest absolute Gasteiger partial charge is 0.369 e. The van der Waals surface area contributed by atoms with Gasteiger partial charge in [-0.2, -0.15) is 31.4 Å². The maximum atomic E-state index is 13.5. The number of nitrogens with zero attached hydrogens (tertiary/aromatic N) is 3. The molecule has 0 fully saturated rings. The Bertz CT molecular complexity index is 1110. The molecular weight excluding hydrogens is 454 g/mol. The fraction of sp³-hybridized carbons (Fsp3) is 0.333. The third-order valence-electron chi connectivity index (χ3n) is 5.09. The Balaban J connectivity index is 2.16. The predicted molar refractivity (Wildman–Crippen MR) is 104 cm³/mol. The van der Waals surface area contributed by atoms with Gasteiger partial charge in [0.25, 0.3) is 5.60 Å². The molecule has 3 rings (SSSR count). The zero-order valence-electron chi connectivity index (χ0n) is 17.3. The van der Waals surface area contributed by atoms with E-state index in [0.717, 1.165) is 6.07 Å². The molecule has 2 heterocycles. The standard InChI is InChI=1S/C21H18F6N4O2/c1-11-3-4-16(28-9-11)13-6-14(17(32)5-12(2)18-29-10-30-31-18)8-15(7-13)19(33,20(22,23)24)21(25,26)27/h3-4,6-10,12,33H,5H2,1-2H3,(H,29,30,31)/t12-/m1/s1. The summed E-state index contributed by atoms with van der Waals surface area (Å²) in [6, 6.07) is 5.04. The molecule has 0 amide bonds. The minimum absolute atomic E-state index is 0.0338. The van der Waals surface area contributed by atoms with Crippen molar-refractivity contribution in [2.45, 2.75) is 44.1 Å². The fourth-order valence-electron chi connectivity index (χ4n) is 3.22. The predicted octanol–water partition coefficient (Wildman–Crippen LogP) is 4.86. The zero-order valence-corrected chi connectivity index (χ0v) is 17.3.